The Morgan fingerprint density at radius 2 is 1.70 bits per heavy atom. The summed E-state index contributed by atoms with van der Waals surface area (Å²) in [5.41, 5.74) is 6.03. The van der Waals surface area contributed by atoms with Crippen LogP contribution in [0.25, 0.3) is 0 Å². The standard InChI is InChI=1S/C16H16N4O3/c1-11-9-13(7-8-17-11)16(23)20-19-14(21)10-18-15(22)12-5-3-2-4-6-12/h2-9H,10H2,1H3,(H,18,22)(H,19,21)(H,20,23). The number of aromatic nitrogens is 1. The molecule has 2 aromatic rings. The summed E-state index contributed by atoms with van der Waals surface area (Å²) in [6, 6.07) is 11.7. The van der Waals surface area contributed by atoms with Gasteiger partial charge in [-0.1, -0.05) is 18.2 Å². The number of hydrogen-bond acceptors (Lipinski definition) is 4. The lowest BCUT2D eigenvalue weighted by molar-refractivity contribution is -0.120. The number of rotatable bonds is 4. The van der Waals surface area contributed by atoms with Crippen molar-refractivity contribution in [3.05, 3.63) is 65.5 Å². The fraction of sp³-hybridized carbons (Fsp3) is 0.125. The molecule has 7 nitrogen and oxygen atoms in total. The van der Waals surface area contributed by atoms with Crippen LogP contribution in [0.15, 0.2) is 48.7 Å². The van der Waals surface area contributed by atoms with E-state index in [2.05, 4.69) is 21.2 Å². The fourth-order valence-electron chi connectivity index (χ4n) is 1.78. The van der Waals surface area contributed by atoms with Gasteiger partial charge in [-0.2, -0.15) is 0 Å². The number of hydrazine groups is 1. The molecule has 0 aliphatic carbocycles. The Morgan fingerprint density at radius 3 is 2.39 bits per heavy atom. The maximum atomic E-state index is 11.8. The van der Waals surface area contributed by atoms with Crippen LogP contribution in [0.5, 0.6) is 0 Å². The molecule has 0 atom stereocenters. The highest BCUT2D eigenvalue weighted by molar-refractivity contribution is 5.98. The van der Waals surface area contributed by atoms with Crippen molar-refractivity contribution in [2.75, 3.05) is 6.54 Å². The highest BCUT2D eigenvalue weighted by Gasteiger charge is 2.09. The van der Waals surface area contributed by atoms with E-state index in [9.17, 15) is 14.4 Å². The quantitative estimate of drug-likeness (QED) is 0.719. The number of nitrogens with zero attached hydrogens (tertiary/aromatic N) is 1. The van der Waals surface area contributed by atoms with Gasteiger partial charge in [-0.15, -0.1) is 0 Å². The molecule has 0 aliphatic rings. The van der Waals surface area contributed by atoms with Gasteiger partial charge < -0.3 is 5.32 Å². The van der Waals surface area contributed by atoms with Crippen molar-refractivity contribution >= 4 is 17.7 Å². The number of carbonyl (C=O) groups excluding carboxylic acids is 3. The third kappa shape index (κ3) is 4.92. The van der Waals surface area contributed by atoms with Gasteiger partial charge in [0.05, 0.1) is 6.54 Å². The predicted molar refractivity (Wildman–Crippen MR) is 83.4 cm³/mol. The van der Waals surface area contributed by atoms with Gasteiger partial charge in [-0.25, -0.2) is 0 Å². The van der Waals surface area contributed by atoms with E-state index < -0.39 is 11.8 Å². The smallest absolute Gasteiger partial charge is 0.269 e. The van der Waals surface area contributed by atoms with Gasteiger partial charge in [0.25, 0.3) is 17.7 Å². The summed E-state index contributed by atoms with van der Waals surface area (Å²) < 4.78 is 0. The molecule has 2 rings (SSSR count). The minimum atomic E-state index is -0.534. The van der Waals surface area contributed by atoms with Crippen LogP contribution < -0.4 is 16.2 Å². The Balaban J connectivity index is 1.77. The molecular weight excluding hydrogens is 296 g/mol. The topological polar surface area (TPSA) is 100 Å². The molecule has 0 unspecified atom stereocenters. The first kappa shape index (κ1) is 16.2. The molecule has 0 bridgehead atoms. The van der Waals surface area contributed by atoms with Crippen molar-refractivity contribution in [3.8, 4) is 0 Å². The number of hydrogen-bond donors (Lipinski definition) is 3. The second-order valence-corrected chi connectivity index (χ2v) is 4.74. The predicted octanol–water partition coefficient (Wildman–Crippen LogP) is 0.581. The van der Waals surface area contributed by atoms with Crippen LogP contribution in [0.3, 0.4) is 0 Å². The summed E-state index contributed by atoms with van der Waals surface area (Å²) in [5.74, 6) is -1.36. The third-order valence-corrected chi connectivity index (χ3v) is 2.92. The van der Waals surface area contributed by atoms with E-state index in [4.69, 9.17) is 0 Å². The van der Waals surface area contributed by atoms with E-state index >= 15 is 0 Å². The first-order valence-corrected chi connectivity index (χ1v) is 6.91. The molecule has 1 aromatic carbocycles. The Hall–Kier alpha value is -3.22. The molecule has 0 saturated heterocycles. The van der Waals surface area contributed by atoms with Crippen LogP contribution in [-0.4, -0.2) is 29.3 Å². The molecule has 0 radical (unpaired) electrons. The molecule has 0 aliphatic heterocycles. The number of aryl methyl sites for hydroxylation is 1. The van der Waals surface area contributed by atoms with E-state index in [-0.39, 0.29) is 12.5 Å². The van der Waals surface area contributed by atoms with Crippen LogP contribution >= 0.6 is 0 Å². The summed E-state index contributed by atoms with van der Waals surface area (Å²) in [7, 11) is 0. The molecule has 7 heteroatoms. The zero-order chi connectivity index (χ0) is 16.7. The molecule has 1 heterocycles. The highest BCUT2D eigenvalue weighted by atomic mass is 16.2. The molecule has 3 N–H and O–H groups in total. The van der Waals surface area contributed by atoms with E-state index in [1.807, 2.05) is 0 Å². The molecule has 0 fully saturated rings. The van der Waals surface area contributed by atoms with Crippen molar-refractivity contribution in [2.24, 2.45) is 0 Å². The minimum Gasteiger partial charge on any atom is -0.343 e. The first-order chi connectivity index (χ1) is 11.1. The maximum absolute atomic E-state index is 11.8. The third-order valence-electron chi connectivity index (χ3n) is 2.92. The second-order valence-electron chi connectivity index (χ2n) is 4.74. The Bertz CT molecular complexity index is 716. The van der Waals surface area contributed by atoms with Gasteiger partial charge >= 0.3 is 0 Å². The van der Waals surface area contributed by atoms with E-state index in [1.165, 1.54) is 12.3 Å². The lowest BCUT2D eigenvalue weighted by atomic mass is 10.2. The second kappa shape index (κ2) is 7.69. The molecule has 23 heavy (non-hydrogen) atoms. The summed E-state index contributed by atoms with van der Waals surface area (Å²) in [6.07, 6.45) is 1.51. The SMILES string of the molecule is Cc1cc(C(=O)NNC(=O)CNC(=O)c2ccccc2)ccn1. The van der Waals surface area contributed by atoms with Crippen molar-refractivity contribution in [3.63, 3.8) is 0 Å². The highest BCUT2D eigenvalue weighted by Crippen LogP contribution is 1.99. The molecule has 0 spiro atoms. The Labute approximate surface area is 133 Å². The molecule has 1 aromatic heterocycles. The average molecular weight is 312 g/mol. The number of benzene rings is 1. The van der Waals surface area contributed by atoms with Crippen LogP contribution in [0.1, 0.15) is 26.4 Å². The van der Waals surface area contributed by atoms with Crippen LogP contribution in [0.2, 0.25) is 0 Å². The summed E-state index contributed by atoms with van der Waals surface area (Å²) >= 11 is 0. The number of pyridine rings is 1. The molecule has 118 valence electrons. The Morgan fingerprint density at radius 1 is 0.957 bits per heavy atom. The zero-order valence-corrected chi connectivity index (χ0v) is 12.5. The van der Waals surface area contributed by atoms with Crippen LogP contribution in [-0.2, 0) is 4.79 Å². The zero-order valence-electron chi connectivity index (χ0n) is 12.5. The molecule has 0 saturated carbocycles. The minimum absolute atomic E-state index is 0.247. The Kier molecular flexibility index (Phi) is 5.40. The molecular formula is C16H16N4O3. The number of amides is 3. The lowest BCUT2D eigenvalue weighted by Gasteiger charge is -2.08. The van der Waals surface area contributed by atoms with E-state index in [1.54, 1.807) is 43.3 Å². The van der Waals surface area contributed by atoms with Crippen molar-refractivity contribution in [1.82, 2.24) is 21.2 Å². The summed E-state index contributed by atoms with van der Waals surface area (Å²) in [6.45, 7) is 1.51. The average Bonchev–Trinajstić information content (AvgIpc) is 2.58. The largest absolute Gasteiger partial charge is 0.343 e. The summed E-state index contributed by atoms with van der Waals surface area (Å²) in [5, 5.41) is 2.46. The van der Waals surface area contributed by atoms with Gasteiger partial charge in [0.2, 0.25) is 0 Å². The molecule has 3 amide bonds. The van der Waals surface area contributed by atoms with Crippen LogP contribution in [0.4, 0.5) is 0 Å². The summed E-state index contributed by atoms with van der Waals surface area (Å²) in [4.78, 5) is 39.2. The maximum Gasteiger partial charge on any atom is 0.269 e. The van der Waals surface area contributed by atoms with Gasteiger partial charge in [-0.05, 0) is 31.2 Å². The fourth-order valence-corrected chi connectivity index (χ4v) is 1.78. The number of carbonyl (C=O) groups is 3. The van der Waals surface area contributed by atoms with Crippen molar-refractivity contribution in [1.29, 1.82) is 0 Å². The van der Waals surface area contributed by atoms with Crippen LogP contribution in [0, 0.1) is 6.92 Å². The van der Waals surface area contributed by atoms with Crippen molar-refractivity contribution < 1.29 is 14.4 Å². The van der Waals surface area contributed by atoms with Gasteiger partial charge in [-0.3, -0.25) is 30.2 Å². The van der Waals surface area contributed by atoms with Crippen molar-refractivity contribution in [2.45, 2.75) is 6.92 Å². The van der Waals surface area contributed by atoms with Gasteiger partial charge in [0.1, 0.15) is 0 Å². The van der Waals surface area contributed by atoms with Gasteiger partial charge in [0.15, 0.2) is 0 Å². The lowest BCUT2D eigenvalue weighted by Crippen LogP contribution is -2.46. The first-order valence-electron chi connectivity index (χ1n) is 6.91. The number of nitrogens with one attached hydrogen (secondary N) is 3. The van der Waals surface area contributed by atoms with E-state index in [0.29, 0.717) is 16.8 Å². The van der Waals surface area contributed by atoms with E-state index in [0.717, 1.165) is 0 Å². The normalized spacial score (nSPS) is 9.78. The monoisotopic (exact) mass is 312 g/mol. The van der Waals surface area contributed by atoms with Gasteiger partial charge in [0, 0.05) is 23.0 Å².